The number of hydrogen-bond donors (Lipinski definition) is 0. The lowest BCUT2D eigenvalue weighted by molar-refractivity contribution is -0.0276. The van der Waals surface area contributed by atoms with Crippen molar-refractivity contribution >= 4 is 11.0 Å². The molecule has 0 spiro atoms. The average Bonchev–Trinajstić information content (AvgIpc) is 2.82. The van der Waals surface area contributed by atoms with E-state index in [-0.39, 0.29) is 0 Å². The zero-order valence-corrected chi connectivity index (χ0v) is 11.2. The van der Waals surface area contributed by atoms with Gasteiger partial charge in [0, 0.05) is 6.04 Å². The van der Waals surface area contributed by atoms with Gasteiger partial charge in [0.1, 0.15) is 0 Å². The summed E-state index contributed by atoms with van der Waals surface area (Å²) in [5.74, 6) is 3.95. The number of aromatic nitrogens is 2. The van der Waals surface area contributed by atoms with Gasteiger partial charge in [-0.25, -0.2) is 4.98 Å². The van der Waals surface area contributed by atoms with E-state index in [1.165, 1.54) is 37.6 Å². The summed E-state index contributed by atoms with van der Waals surface area (Å²) in [5.41, 5.74) is 2.51. The minimum Gasteiger partial charge on any atom is -0.327 e. The Morgan fingerprint density at radius 1 is 0.895 bits per heavy atom. The lowest BCUT2D eigenvalue weighted by Gasteiger charge is -2.54. The molecule has 0 radical (unpaired) electrons. The Morgan fingerprint density at radius 3 is 2.32 bits per heavy atom. The monoisotopic (exact) mass is 252 g/mol. The van der Waals surface area contributed by atoms with Gasteiger partial charge in [0.05, 0.1) is 17.4 Å². The molecule has 6 rings (SSSR count). The second-order valence-corrected chi connectivity index (χ2v) is 7.06. The highest BCUT2D eigenvalue weighted by Crippen LogP contribution is 2.58. The topological polar surface area (TPSA) is 17.8 Å². The van der Waals surface area contributed by atoms with Crippen LogP contribution in [0.5, 0.6) is 0 Å². The number of fused-ring (bicyclic) bond motifs is 1. The van der Waals surface area contributed by atoms with Crippen molar-refractivity contribution in [3.8, 4) is 0 Å². The fourth-order valence-electron chi connectivity index (χ4n) is 5.57. The maximum absolute atomic E-state index is 4.61. The van der Waals surface area contributed by atoms with Crippen molar-refractivity contribution in [1.29, 1.82) is 0 Å². The van der Waals surface area contributed by atoms with Crippen LogP contribution in [0, 0.1) is 23.7 Å². The Labute approximate surface area is 113 Å². The predicted molar refractivity (Wildman–Crippen MR) is 75.8 cm³/mol. The highest BCUT2D eigenvalue weighted by Gasteiger charge is 2.49. The van der Waals surface area contributed by atoms with Crippen LogP contribution in [0.2, 0.25) is 0 Å². The van der Waals surface area contributed by atoms with E-state index in [0.717, 1.165) is 35.2 Å². The number of para-hydroxylation sites is 2. The maximum Gasteiger partial charge on any atom is 0.0961 e. The highest BCUT2D eigenvalue weighted by atomic mass is 15.1. The number of benzene rings is 1. The molecule has 4 fully saturated rings. The van der Waals surface area contributed by atoms with E-state index in [1.54, 1.807) is 0 Å². The number of hydrogen-bond acceptors (Lipinski definition) is 1. The first-order valence-electron chi connectivity index (χ1n) is 7.80. The Bertz CT molecular complexity index is 599. The zero-order valence-electron chi connectivity index (χ0n) is 11.2. The molecule has 0 atom stereocenters. The van der Waals surface area contributed by atoms with Crippen molar-refractivity contribution in [2.45, 2.75) is 38.1 Å². The Kier molecular flexibility index (Phi) is 2.00. The lowest BCUT2D eigenvalue weighted by Crippen LogP contribution is -2.45. The molecule has 0 saturated heterocycles. The fraction of sp³-hybridized carbons (Fsp3) is 0.588. The quantitative estimate of drug-likeness (QED) is 0.749. The zero-order chi connectivity index (χ0) is 12.4. The molecular weight excluding hydrogens is 232 g/mol. The van der Waals surface area contributed by atoms with Gasteiger partial charge in [0.25, 0.3) is 0 Å². The number of nitrogens with zero attached hydrogens (tertiary/aromatic N) is 2. The van der Waals surface area contributed by atoms with Crippen LogP contribution in [0.4, 0.5) is 0 Å². The minimum absolute atomic E-state index is 0.736. The van der Waals surface area contributed by atoms with Crippen LogP contribution < -0.4 is 0 Å². The van der Waals surface area contributed by atoms with Gasteiger partial charge in [0.2, 0.25) is 0 Å². The minimum atomic E-state index is 0.736. The molecule has 0 amide bonds. The summed E-state index contributed by atoms with van der Waals surface area (Å²) in [6.07, 6.45) is 9.55. The molecule has 4 bridgehead atoms. The predicted octanol–water partition coefficient (Wildman–Crippen LogP) is 4.03. The third-order valence-electron chi connectivity index (χ3n) is 5.98. The second kappa shape index (κ2) is 3.62. The van der Waals surface area contributed by atoms with Crippen molar-refractivity contribution in [2.75, 3.05) is 0 Å². The molecule has 2 heteroatoms. The van der Waals surface area contributed by atoms with Crippen molar-refractivity contribution < 1.29 is 0 Å². The van der Waals surface area contributed by atoms with Crippen LogP contribution in [-0.2, 0) is 0 Å². The van der Waals surface area contributed by atoms with Gasteiger partial charge >= 0.3 is 0 Å². The van der Waals surface area contributed by atoms with Crippen molar-refractivity contribution in [2.24, 2.45) is 23.7 Å². The maximum atomic E-state index is 4.61. The van der Waals surface area contributed by atoms with Crippen LogP contribution in [0.1, 0.15) is 38.1 Å². The molecule has 0 N–H and O–H groups in total. The fourth-order valence-corrected chi connectivity index (χ4v) is 5.57. The van der Waals surface area contributed by atoms with E-state index >= 15 is 0 Å². The molecule has 2 aromatic rings. The smallest absolute Gasteiger partial charge is 0.0961 e. The average molecular weight is 252 g/mol. The van der Waals surface area contributed by atoms with Gasteiger partial charge in [-0.2, -0.15) is 0 Å². The van der Waals surface area contributed by atoms with E-state index in [2.05, 4.69) is 40.1 Å². The molecule has 1 aromatic carbocycles. The molecule has 98 valence electrons. The van der Waals surface area contributed by atoms with Gasteiger partial charge < -0.3 is 4.57 Å². The van der Waals surface area contributed by atoms with Crippen LogP contribution in [0.25, 0.3) is 11.0 Å². The van der Waals surface area contributed by atoms with Gasteiger partial charge in [-0.3, -0.25) is 0 Å². The summed E-state index contributed by atoms with van der Waals surface area (Å²) >= 11 is 0. The van der Waals surface area contributed by atoms with Gasteiger partial charge in [-0.15, -0.1) is 0 Å². The van der Waals surface area contributed by atoms with E-state index in [0.29, 0.717) is 0 Å². The van der Waals surface area contributed by atoms with Crippen molar-refractivity contribution in [3.05, 3.63) is 30.6 Å². The standard InChI is InChI=1S/C17H20N2/c1-2-4-16-15(3-1)18-10-19(16)17-13-6-11-5-12(8-13)9-14(17)7-11/h1-4,10-14,17H,5-9H2. The highest BCUT2D eigenvalue weighted by molar-refractivity contribution is 5.75. The second-order valence-electron chi connectivity index (χ2n) is 7.06. The van der Waals surface area contributed by atoms with Gasteiger partial charge in [-0.05, 0) is 67.9 Å². The van der Waals surface area contributed by atoms with Crippen LogP contribution in [-0.4, -0.2) is 9.55 Å². The summed E-state index contributed by atoms with van der Waals surface area (Å²) in [5, 5.41) is 0. The Hall–Kier alpha value is -1.31. The summed E-state index contributed by atoms with van der Waals surface area (Å²) in [4.78, 5) is 4.61. The molecule has 1 aromatic heterocycles. The summed E-state index contributed by atoms with van der Waals surface area (Å²) in [7, 11) is 0. The largest absolute Gasteiger partial charge is 0.327 e. The van der Waals surface area contributed by atoms with Crippen LogP contribution in [0.15, 0.2) is 30.6 Å². The van der Waals surface area contributed by atoms with E-state index in [9.17, 15) is 0 Å². The third kappa shape index (κ3) is 1.40. The van der Waals surface area contributed by atoms with E-state index in [1.807, 2.05) is 0 Å². The first-order valence-corrected chi connectivity index (χ1v) is 7.80. The normalized spacial score (nSPS) is 40.1. The molecule has 4 aliphatic rings. The molecule has 0 unspecified atom stereocenters. The summed E-state index contributed by atoms with van der Waals surface area (Å²) < 4.78 is 2.52. The summed E-state index contributed by atoms with van der Waals surface area (Å²) in [6, 6.07) is 9.36. The SMILES string of the molecule is c1ccc2c(c1)ncn2C1C2CC3CC(C2)CC1C3. The molecular formula is C17H20N2. The van der Waals surface area contributed by atoms with E-state index < -0.39 is 0 Å². The van der Waals surface area contributed by atoms with Crippen LogP contribution in [0.3, 0.4) is 0 Å². The molecule has 19 heavy (non-hydrogen) atoms. The molecule has 1 heterocycles. The Morgan fingerprint density at radius 2 is 1.58 bits per heavy atom. The molecule has 4 saturated carbocycles. The number of imidazole rings is 1. The number of rotatable bonds is 1. The summed E-state index contributed by atoms with van der Waals surface area (Å²) in [6.45, 7) is 0. The first kappa shape index (κ1) is 10.5. The lowest BCUT2D eigenvalue weighted by atomic mass is 9.54. The van der Waals surface area contributed by atoms with E-state index in [4.69, 9.17) is 0 Å². The first-order chi connectivity index (χ1) is 9.38. The van der Waals surface area contributed by atoms with Crippen LogP contribution >= 0.6 is 0 Å². The molecule has 0 aliphatic heterocycles. The molecule has 4 aliphatic carbocycles. The van der Waals surface area contributed by atoms with Crippen molar-refractivity contribution in [1.82, 2.24) is 9.55 Å². The van der Waals surface area contributed by atoms with Crippen molar-refractivity contribution in [3.63, 3.8) is 0 Å². The Balaban J connectivity index is 1.62. The van der Waals surface area contributed by atoms with Gasteiger partial charge in [-0.1, -0.05) is 12.1 Å². The third-order valence-corrected chi connectivity index (χ3v) is 5.98. The van der Waals surface area contributed by atoms with Gasteiger partial charge in [0.15, 0.2) is 0 Å². The molecule has 2 nitrogen and oxygen atoms in total.